The molecule has 0 aromatic rings. The molecule has 7 atom stereocenters. The van der Waals surface area contributed by atoms with Crippen molar-refractivity contribution in [2.75, 3.05) is 0 Å². The average Bonchev–Trinajstić information content (AvgIpc) is 2.89. The van der Waals surface area contributed by atoms with E-state index in [1.54, 1.807) is 6.92 Å². The Morgan fingerprint density at radius 3 is 2.65 bits per heavy atom. The highest BCUT2D eigenvalue weighted by atomic mass is 16.1. The molecule has 0 radical (unpaired) electrons. The number of hydrogen-bond donors (Lipinski definition) is 0. The zero-order valence-corrected chi connectivity index (χ0v) is 16.2. The summed E-state index contributed by atoms with van der Waals surface area (Å²) in [6.07, 6.45) is 8.29. The van der Waals surface area contributed by atoms with E-state index in [0.717, 1.165) is 44.0 Å². The standard InChI is InChI=1S/C23H30O3/c1-13-9-17-18(22(3)7-5-16(26)11-19(13)22)6-8-23(4)20(17)10-15(12-24)21(23)14(2)25/h11-12,15,17-18,20-21H,1,5-10H2,2-4H3/t15?,17-,18+,20+,21+,22-,23+/m1/s1. The monoisotopic (exact) mass is 354 g/mol. The number of fused-ring (bicyclic) bond motifs is 5. The van der Waals surface area contributed by atoms with Crippen molar-refractivity contribution in [3.05, 3.63) is 23.8 Å². The number of Topliss-reactive ketones (excluding diaryl/α,β-unsaturated/α-hetero) is 1. The lowest BCUT2D eigenvalue weighted by atomic mass is 9.46. The van der Waals surface area contributed by atoms with Gasteiger partial charge in [0.2, 0.25) is 0 Å². The maximum atomic E-state index is 12.4. The summed E-state index contributed by atoms with van der Waals surface area (Å²) in [5.74, 6) is 1.56. The van der Waals surface area contributed by atoms with E-state index in [1.807, 2.05) is 6.08 Å². The summed E-state index contributed by atoms with van der Waals surface area (Å²) in [4.78, 5) is 36.2. The van der Waals surface area contributed by atoms with E-state index in [1.165, 1.54) is 5.57 Å². The number of allylic oxidation sites excluding steroid dienone is 2. The Bertz CT molecular complexity index is 732. The first-order valence-corrected chi connectivity index (χ1v) is 10.1. The van der Waals surface area contributed by atoms with E-state index in [4.69, 9.17) is 0 Å². The number of rotatable bonds is 2. The van der Waals surface area contributed by atoms with E-state index in [-0.39, 0.29) is 34.2 Å². The van der Waals surface area contributed by atoms with Crippen LogP contribution in [0.5, 0.6) is 0 Å². The van der Waals surface area contributed by atoms with Crippen molar-refractivity contribution in [2.24, 2.45) is 40.4 Å². The lowest BCUT2D eigenvalue weighted by Crippen LogP contribution is -2.51. The van der Waals surface area contributed by atoms with Crippen LogP contribution in [0.1, 0.15) is 59.3 Å². The van der Waals surface area contributed by atoms with Crippen molar-refractivity contribution in [2.45, 2.75) is 59.3 Å². The molecule has 140 valence electrons. The zero-order valence-electron chi connectivity index (χ0n) is 16.2. The summed E-state index contributed by atoms with van der Waals surface area (Å²) in [5, 5.41) is 0. The third kappa shape index (κ3) is 2.21. The molecule has 0 aromatic carbocycles. The van der Waals surface area contributed by atoms with Crippen molar-refractivity contribution in [3.63, 3.8) is 0 Å². The molecule has 0 amide bonds. The molecule has 3 nitrogen and oxygen atoms in total. The fraction of sp³-hybridized carbons (Fsp3) is 0.696. The first-order valence-electron chi connectivity index (χ1n) is 10.1. The Morgan fingerprint density at radius 1 is 1.27 bits per heavy atom. The second kappa shape index (κ2) is 5.74. The first kappa shape index (κ1) is 17.9. The van der Waals surface area contributed by atoms with E-state index in [2.05, 4.69) is 20.4 Å². The minimum Gasteiger partial charge on any atom is -0.303 e. The SMILES string of the molecule is C=C1C[C@H]2[C@@H]3CC(C=O)[C@H](C(C)=O)[C@@]3(C)CC[C@@H]2[C@@]2(C)CCC(=O)C=C12. The molecule has 0 spiro atoms. The maximum absolute atomic E-state index is 12.4. The summed E-state index contributed by atoms with van der Waals surface area (Å²) in [7, 11) is 0. The molecule has 4 aliphatic rings. The van der Waals surface area contributed by atoms with Crippen molar-refractivity contribution < 1.29 is 14.4 Å². The Balaban J connectivity index is 1.75. The van der Waals surface area contributed by atoms with Gasteiger partial charge in [-0.25, -0.2) is 0 Å². The van der Waals surface area contributed by atoms with Crippen molar-refractivity contribution >= 4 is 17.9 Å². The van der Waals surface area contributed by atoms with Crippen LogP contribution >= 0.6 is 0 Å². The lowest BCUT2D eigenvalue weighted by Gasteiger charge is -2.58. The van der Waals surface area contributed by atoms with Crippen LogP contribution in [0.3, 0.4) is 0 Å². The molecule has 0 heterocycles. The largest absolute Gasteiger partial charge is 0.303 e. The predicted octanol–water partition coefficient (Wildman–Crippen LogP) is 4.31. The summed E-state index contributed by atoms with van der Waals surface area (Å²) in [6.45, 7) is 10.6. The highest BCUT2D eigenvalue weighted by Crippen LogP contribution is 2.68. The lowest BCUT2D eigenvalue weighted by molar-refractivity contribution is -0.131. The number of carbonyl (C=O) groups excluding carboxylic acids is 3. The fourth-order valence-electron chi connectivity index (χ4n) is 7.56. The number of carbonyl (C=O) groups is 3. The molecular formula is C23H30O3. The van der Waals surface area contributed by atoms with Crippen LogP contribution in [-0.4, -0.2) is 17.9 Å². The number of ketones is 2. The molecule has 3 heteroatoms. The Morgan fingerprint density at radius 2 is 2.00 bits per heavy atom. The van der Waals surface area contributed by atoms with Gasteiger partial charge in [0.15, 0.2) is 5.78 Å². The molecule has 26 heavy (non-hydrogen) atoms. The summed E-state index contributed by atoms with van der Waals surface area (Å²) in [6, 6.07) is 0. The predicted molar refractivity (Wildman–Crippen MR) is 100 cm³/mol. The molecule has 0 aliphatic heterocycles. The van der Waals surface area contributed by atoms with Crippen LogP contribution < -0.4 is 0 Å². The Kier molecular flexibility index (Phi) is 3.95. The van der Waals surface area contributed by atoms with Gasteiger partial charge in [0.1, 0.15) is 12.1 Å². The third-order valence-corrected chi connectivity index (χ3v) is 8.64. The molecule has 3 fully saturated rings. The van der Waals surface area contributed by atoms with Gasteiger partial charge in [0.05, 0.1) is 0 Å². The molecule has 0 N–H and O–H groups in total. The Hall–Kier alpha value is -1.51. The third-order valence-electron chi connectivity index (χ3n) is 8.64. The van der Waals surface area contributed by atoms with Gasteiger partial charge < -0.3 is 4.79 Å². The maximum Gasteiger partial charge on any atom is 0.156 e. The molecule has 0 aromatic heterocycles. The normalized spacial score (nSPS) is 47.5. The van der Waals surface area contributed by atoms with Crippen molar-refractivity contribution in [1.82, 2.24) is 0 Å². The second-order valence-electron chi connectivity index (χ2n) is 9.79. The van der Waals surface area contributed by atoms with Crippen LogP contribution in [0.2, 0.25) is 0 Å². The molecular weight excluding hydrogens is 324 g/mol. The highest BCUT2D eigenvalue weighted by Gasteiger charge is 2.62. The summed E-state index contributed by atoms with van der Waals surface area (Å²) < 4.78 is 0. The second-order valence-corrected chi connectivity index (χ2v) is 9.79. The summed E-state index contributed by atoms with van der Waals surface area (Å²) >= 11 is 0. The molecule has 1 unspecified atom stereocenters. The fourth-order valence-corrected chi connectivity index (χ4v) is 7.56. The number of aldehydes is 1. The zero-order chi connectivity index (χ0) is 18.9. The van der Waals surface area contributed by atoms with Gasteiger partial charge in [0.25, 0.3) is 0 Å². The van der Waals surface area contributed by atoms with Gasteiger partial charge in [0, 0.05) is 18.3 Å². The van der Waals surface area contributed by atoms with Crippen LogP contribution in [0.15, 0.2) is 23.8 Å². The molecule has 4 aliphatic carbocycles. The molecule has 0 saturated heterocycles. The van der Waals surface area contributed by atoms with Crippen LogP contribution in [-0.2, 0) is 14.4 Å². The van der Waals surface area contributed by atoms with Gasteiger partial charge in [-0.1, -0.05) is 26.0 Å². The van der Waals surface area contributed by atoms with Crippen molar-refractivity contribution in [1.29, 1.82) is 0 Å². The summed E-state index contributed by atoms with van der Waals surface area (Å²) in [5.41, 5.74) is 2.26. The van der Waals surface area contributed by atoms with Crippen LogP contribution in [0.4, 0.5) is 0 Å². The van der Waals surface area contributed by atoms with E-state index >= 15 is 0 Å². The van der Waals surface area contributed by atoms with Gasteiger partial charge >= 0.3 is 0 Å². The van der Waals surface area contributed by atoms with Crippen LogP contribution in [0.25, 0.3) is 0 Å². The van der Waals surface area contributed by atoms with Gasteiger partial charge in [-0.2, -0.15) is 0 Å². The average molecular weight is 354 g/mol. The Labute approximate surface area is 156 Å². The van der Waals surface area contributed by atoms with Crippen LogP contribution in [0, 0.1) is 40.4 Å². The smallest absolute Gasteiger partial charge is 0.156 e. The van der Waals surface area contributed by atoms with E-state index in [0.29, 0.717) is 24.2 Å². The van der Waals surface area contributed by atoms with E-state index in [9.17, 15) is 14.4 Å². The van der Waals surface area contributed by atoms with Gasteiger partial charge in [-0.15, -0.1) is 0 Å². The minimum absolute atomic E-state index is 0.0280. The quantitative estimate of drug-likeness (QED) is 0.694. The number of hydrogen-bond acceptors (Lipinski definition) is 3. The minimum atomic E-state index is -0.132. The van der Waals surface area contributed by atoms with Gasteiger partial charge in [-0.05, 0) is 79.3 Å². The topological polar surface area (TPSA) is 51.2 Å². The van der Waals surface area contributed by atoms with E-state index < -0.39 is 0 Å². The highest BCUT2D eigenvalue weighted by molar-refractivity contribution is 5.92. The molecule has 4 rings (SSSR count). The van der Waals surface area contributed by atoms with Crippen molar-refractivity contribution in [3.8, 4) is 0 Å². The van der Waals surface area contributed by atoms with Gasteiger partial charge in [-0.3, -0.25) is 9.59 Å². The molecule has 0 bridgehead atoms. The first-order chi connectivity index (χ1) is 12.2. The molecule has 3 saturated carbocycles.